The molecule has 1 aromatic rings. The Morgan fingerprint density at radius 1 is 1.05 bits per heavy atom. The van der Waals surface area contributed by atoms with E-state index in [0.717, 1.165) is 18.7 Å². The zero-order chi connectivity index (χ0) is 14.9. The van der Waals surface area contributed by atoms with Crippen molar-refractivity contribution in [2.24, 2.45) is 11.1 Å². The summed E-state index contributed by atoms with van der Waals surface area (Å²) in [4.78, 5) is 2.31. The monoisotopic (exact) mass is 288 g/mol. The zero-order valence-corrected chi connectivity index (χ0v) is 12.8. The molecule has 0 unspecified atom stereocenters. The lowest BCUT2D eigenvalue weighted by atomic mass is 9.93. The van der Waals surface area contributed by atoms with Gasteiger partial charge in [0.1, 0.15) is 0 Å². The van der Waals surface area contributed by atoms with Gasteiger partial charge in [0.05, 0.1) is 19.8 Å². The van der Waals surface area contributed by atoms with E-state index in [-0.39, 0.29) is 5.41 Å². The first kappa shape index (κ1) is 14.6. The quantitative estimate of drug-likeness (QED) is 0.867. The van der Waals surface area contributed by atoms with Gasteiger partial charge in [0.15, 0.2) is 0 Å². The summed E-state index contributed by atoms with van der Waals surface area (Å²) in [5, 5.41) is 0. The topological polar surface area (TPSA) is 47.7 Å². The lowest BCUT2D eigenvalue weighted by molar-refractivity contribution is -0.302. The molecule has 4 nitrogen and oxygen atoms in total. The SMILES string of the molecule is CC1(C)COC(CN)(c2ccc(N3CC=CC3)cc2)OC1. The van der Waals surface area contributed by atoms with E-state index in [1.807, 2.05) is 0 Å². The number of ether oxygens (including phenoxy) is 2. The van der Waals surface area contributed by atoms with Gasteiger partial charge in [0, 0.05) is 29.8 Å². The van der Waals surface area contributed by atoms with Gasteiger partial charge in [0.2, 0.25) is 5.79 Å². The number of benzene rings is 1. The molecule has 21 heavy (non-hydrogen) atoms. The third-order valence-electron chi connectivity index (χ3n) is 4.15. The zero-order valence-electron chi connectivity index (χ0n) is 12.8. The first-order valence-corrected chi connectivity index (χ1v) is 7.53. The van der Waals surface area contributed by atoms with E-state index in [0.29, 0.717) is 19.8 Å². The lowest BCUT2D eigenvalue weighted by Crippen LogP contribution is -2.49. The van der Waals surface area contributed by atoms with Crippen LogP contribution in [0.3, 0.4) is 0 Å². The molecule has 0 bridgehead atoms. The number of hydrogen-bond acceptors (Lipinski definition) is 4. The highest BCUT2D eigenvalue weighted by Gasteiger charge is 2.41. The molecule has 114 valence electrons. The number of hydrogen-bond donors (Lipinski definition) is 1. The number of anilines is 1. The van der Waals surface area contributed by atoms with Crippen LogP contribution in [0.25, 0.3) is 0 Å². The van der Waals surface area contributed by atoms with E-state index in [1.165, 1.54) is 5.69 Å². The molecular formula is C17H24N2O2. The van der Waals surface area contributed by atoms with Gasteiger partial charge < -0.3 is 20.1 Å². The predicted octanol–water partition coefficient (Wildman–Crippen LogP) is 2.25. The van der Waals surface area contributed by atoms with Gasteiger partial charge in [-0.25, -0.2) is 0 Å². The van der Waals surface area contributed by atoms with Crippen LogP contribution >= 0.6 is 0 Å². The molecule has 0 radical (unpaired) electrons. The Hall–Kier alpha value is -1.36. The summed E-state index contributed by atoms with van der Waals surface area (Å²) < 4.78 is 12.0. The fourth-order valence-electron chi connectivity index (χ4n) is 2.72. The highest BCUT2D eigenvalue weighted by atomic mass is 16.7. The standard InChI is InChI=1S/C17H24N2O2/c1-16(2)12-20-17(11-18,21-13-16)14-5-7-15(8-6-14)19-9-3-4-10-19/h3-8H,9-13,18H2,1-2H3. The largest absolute Gasteiger partial charge is 0.364 e. The molecule has 0 atom stereocenters. The highest BCUT2D eigenvalue weighted by Crippen LogP contribution is 2.36. The van der Waals surface area contributed by atoms with Crippen LogP contribution in [-0.2, 0) is 15.3 Å². The Bertz CT molecular complexity index is 504. The smallest absolute Gasteiger partial charge is 0.207 e. The Labute approximate surface area is 126 Å². The predicted molar refractivity (Wildman–Crippen MR) is 84.2 cm³/mol. The van der Waals surface area contributed by atoms with Crippen molar-refractivity contribution in [3.63, 3.8) is 0 Å². The highest BCUT2D eigenvalue weighted by molar-refractivity contribution is 5.50. The molecular weight excluding hydrogens is 264 g/mol. The van der Waals surface area contributed by atoms with E-state index in [4.69, 9.17) is 15.2 Å². The van der Waals surface area contributed by atoms with Gasteiger partial charge in [-0.3, -0.25) is 0 Å². The van der Waals surface area contributed by atoms with E-state index in [2.05, 4.69) is 55.2 Å². The number of nitrogens with two attached hydrogens (primary N) is 1. The van der Waals surface area contributed by atoms with Crippen LogP contribution in [0, 0.1) is 5.41 Å². The van der Waals surface area contributed by atoms with Gasteiger partial charge in [-0.05, 0) is 12.1 Å². The third-order valence-corrected chi connectivity index (χ3v) is 4.15. The second kappa shape index (κ2) is 5.44. The van der Waals surface area contributed by atoms with Crippen LogP contribution in [0.5, 0.6) is 0 Å². The van der Waals surface area contributed by atoms with E-state index >= 15 is 0 Å². The van der Waals surface area contributed by atoms with Crippen molar-refractivity contribution in [3.8, 4) is 0 Å². The molecule has 3 rings (SSSR count). The van der Waals surface area contributed by atoms with Crippen molar-refractivity contribution < 1.29 is 9.47 Å². The molecule has 2 heterocycles. The van der Waals surface area contributed by atoms with E-state index < -0.39 is 5.79 Å². The lowest BCUT2D eigenvalue weighted by Gasteiger charge is -2.43. The minimum atomic E-state index is -0.794. The fourth-order valence-corrected chi connectivity index (χ4v) is 2.72. The Kier molecular flexibility index (Phi) is 3.78. The number of nitrogens with zero attached hydrogens (tertiary/aromatic N) is 1. The average Bonchev–Trinajstić information content (AvgIpc) is 3.03. The second-order valence-corrected chi connectivity index (χ2v) is 6.62. The van der Waals surface area contributed by atoms with Crippen LogP contribution in [0.4, 0.5) is 5.69 Å². The molecule has 4 heteroatoms. The van der Waals surface area contributed by atoms with Crippen molar-refractivity contribution in [3.05, 3.63) is 42.0 Å². The second-order valence-electron chi connectivity index (χ2n) is 6.62. The van der Waals surface area contributed by atoms with E-state index in [9.17, 15) is 0 Å². The Balaban J connectivity index is 1.78. The normalized spacial score (nSPS) is 23.5. The Morgan fingerprint density at radius 2 is 1.62 bits per heavy atom. The summed E-state index contributed by atoms with van der Waals surface area (Å²) in [6.07, 6.45) is 4.37. The molecule has 0 aliphatic carbocycles. The molecule has 0 spiro atoms. The summed E-state index contributed by atoms with van der Waals surface area (Å²) in [7, 11) is 0. The summed E-state index contributed by atoms with van der Waals surface area (Å²) >= 11 is 0. The van der Waals surface area contributed by atoms with Gasteiger partial charge >= 0.3 is 0 Å². The maximum absolute atomic E-state index is 6.01. The van der Waals surface area contributed by atoms with Crippen LogP contribution in [0.15, 0.2) is 36.4 Å². The van der Waals surface area contributed by atoms with Crippen LogP contribution in [0.2, 0.25) is 0 Å². The van der Waals surface area contributed by atoms with Crippen molar-refractivity contribution in [1.29, 1.82) is 0 Å². The van der Waals surface area contributed by atoms with Gasteiger partial charge in [-0.2, -0.15) is 0 Å². The molecule has 1 saturated heterocycles. The van der Waals surface area contributed by atoms with Crippen LogP contribution in [0.1, 0.15) is 19.4 Å². The molecule has 2 aliphatic heterocycles. The van der Waals surface area contributed by atoms with Gasteiger partial charge in [-0.15, -0.1) is 0 Å². The fraction of sp³-hybridized carbons (Fsp3) is 0.529. The molecule has 0 amide bonds. The van der Waals surface area contributed by atoms with Gasteiger partial charge in [-0.1, -0.05) is 38.1 Å². The summed E-state index contributed by atoms with van der Waals surface area (Å²) in [6, 6.07) is 8.37. The van der Waals surface area contributed by atoms with Crippen molar-refractivity contribution in [2.75, 3.05) is 37.7 Å². The summed E-state index contributed by atoms with van der Waals surface area (Å²) in [5.74, 6) is -0.794. The maximum atomic E-state index is 6.01. The molecule has 0 aromatic heterocycles. The first-order valence-electron chi connectivity index (χ1n) is 7.53. The number of rotatable bonds is 3. The molecule has 0 saturated carbocycles. The maximum Gasteiger partial charge on any atom is 0.207 e. The molecule has 2 aliphatic rings. The third kappa shape index (κ3) is 2.84. The first-order chi connectivity index (χ1) is 10.0. The van der Waals surface area contributed by atoms with Gasteiger partial charge in [0.25, 0.3) is 0 Å². The Morgan fingerprint density at radius 3 is 2.14 bits per heavy atom. The minimum absolute atomic E-state index is 0.0415. The van der Waals surface area contributed by atoms with Crippen molar-refractivity contribution in [2.45, 2.75) is 19.6 Å². The van der Waals surface area contributed by atoms with E-state index in [1.54, 1.807) is 0 Å². The molecule has 1 fully saturated rings. The van der Waals surface area contributed by atoms with Crippen molar-refractivity contribution in [1.82, 2.24) is 0 Å². The molecule has 2 N–H and O–H groups in total. The van der Waals surface area contributed by atoms with Crippen molar-refractivity contribution >= 4 is 5.69 Å². The van der Waals surface area contributed by atoms with Crippen LogP contribution in [-0.4, -0.2) is 32.8 Å². The van der Waals surface area contributed by atoms with Crippen LogP contribution < -0.4 is 10.6 Å². The minimum Gasteiger partial charge on any atom is -0.364 e. The average molecular weight is 288 g/mol. The summed E-state index contributed by atoms with van der Waals surface area (Å²) in [6.45, 7) is 7.86. The molecule has 1 aromatic carbocycles. The summed E-state index contributed by atoms with van der Waals surface area (Å²) in [5.41, 5.74) is 8.20.